The Kier molecular flexibility index (Phi) is 5.19. The topological polar surface area (TPSA) is 57.6 Å². The molecule has 1 atom stereocenters. The third-order valence-electron chi connectivity index (χ3n) is 5.34. The molecule has 0 aliphatic carbocycles. The first kappa shape index (κ1) is 20.0. The number of aryl methyl sites for hydroxylation is 2. The van der Waals surface area contributed by atoms with Crippen molar-refractivity contribution >= 4 is 44.6 Å². The minimum Gasteiger partial charge on any atom is -0.375 e. The molecule has 3 aromatic rings. The summed E-state index contributed by atoms with van der Waals surface area (Å²) in [7, 11) is 0. The second kappa shape index (κ2) is 7.52. The molecule has 1 aliphatic rings. The number of fused-ring (bicyclic) bond motifs is 1. The van der Waals surface area contributed by atoms with E-state index in [1.807, 2.05) is 43.5 Å². The lowest BCUT2D eigenvalue weighted by atomic mass is 9.89. The molecular formula is C23H20BrNO3S. The molecule has 0 saturated heterocycles. The third kappa shape index (κ3) is 3.56. The van der Waals surface area contributed by atoms with E-state index in [1.54, 1.807) is 23.1 Å². The van der Waals surface area contributed by atoms with Crippen LogP contribution in [0.25, 0.3) is 0 Å². The number of carbonyl (C=O) groups is 2. The predicted molar refractivity (Wildman–Crippen MR) is 118 cm³/mol. The average molecular weight is 470 g/mol. The van der Waals surface area contributed by atoms with E-state index >= 15 is 0 Å². The van der Waals surface area contributed by atoms with Gasteiger partial charge in [0.2, 0.25) is 0 Å². The fraction of sp³-hybridized carbons (Fsp3) is 0.217. The quantitative estimate of drug-likeness (QED) is 0.526. The summed E-state index contributed by atoms with van der Waals surface area (Å²) >= 11 is 4.74. The second-order valence-corrected chi connectivity index (χ2v) is 9.28. The van der Waals surface area contributed by atoms with E-state index in [4.69, 9.17) is 0 Å². The molecule has 1 aromatic heterocycles. The van der Waals surface area contributed by atoms with Gasteiger partial charge in [-0.3, -0.25) is 9.59 Å². The molecule has 148 valence electrons. The average Bonchev–Trinajstić information content (AvgIpc) is 3.28. The molecule has 0 fully saturated rings. The lowest BCUT2D eigenvalue weighted by Gasteiger charge is -2.23. The first-order valence-corrected chi connectivity index (χ1v) is 10.9. The zero-order valence-corrected chi connectivity index (χ0v) is 18.5. The van der Waals surface area contributed by atoms with Crippen LogP contribution in [0.15, 0.2) is 58.4 Å². The number of Topliss-reactive ketones (excluding diaryl/α,β-unsaturated/α-hetero) is 1. The van der Waals surface area contributed by atoms with E-state index in [0.29, 0.717) is 22.7 Å². The highest BCUT2D eigenvalue weighted by Gasteiger charge is 2.51. The SMILES string of the molecule is Cc1ccc(C)c(CN2C(=O)[C@@](O)(CC(=O)c3cccs3)c3cc(Br)ccc32)c1. The number of halogens is 1. The van der Waals surface area contributed by atoms with Gasteiger partial charge in [-0.25, -0.2) is 0 Å². The van der Waals surface area contributed by atoms with Gasteiger partial charge in [0, 0.05) is 10.0 Å². The van der Waals surface area contributed by atoms with Crippen LogP contribution in [0.1, 0.15) is 38.3 Å². The predicted octanol–water partition coefficient (Wildman–Crippen LogP) is 5.13. The van der Waals surface area contributed by atoms with Gasteiger partial charge in [-0.1, -0.05) is 45.8 Å². The molecule has 4 rings (SSSR count). The summed E-state index contributed by atoms with van der Waals surface area (Å²) in [5.74, 6) is -0.702. The molecular weight excluding hydrogens is 450 g/mol. The van der Waals surface area contributed by atoms with Crippen molar-refractivity contribution in [2.45, 2.75) is 32.4 Å². The minimum absolute atomic E-state index is 0.240. The number of ketones is 1. The Balaban J connectivity index is 1.75. The van der Waals surface area contributed by atoms with Crippen molar-refractivity contribution in [3.63, 3.8) is 0 Å². The summed E-state index contributed by atoms with van der Waals surface area (Å²) < 4.78 is 0.750. The zero-order valence-electron chi connectivity index (χ0n) is 16.1. The molecule has 0 bridgehead atoms. The number of nitrogens with zero attached hydrogens (tertiary/aromatic N) is 1. The monoisotopic (exact) mass is 469 g/mol. The maximum Gasteiger partial charge on any atom is 0.264 e. The van der Waals surface area contributed by atoms with Gasteiger partial charge in [-0.15, -0.1) is 11.3 Å². The first-order valence-electron chi connectivity index (χ1n) is 9.27. The Morgan fingerprint density at radius 2 is 1.97 bits per heavy atom. The van der Waals surface area contributed by atoms with E-state index in [9.17, 15) is 14.7 Å². The second-order valence-electron chi connectivity index (χ2n) is 7.42. The summed E-state index contributed by atoms with van der Waals surface area (Å²) in [6.07, 6.45) is -0.279. The van der Waals surface area contributed by atoms with Gasteiger partial charge in [0.1, 0.15) is 0 Å². The molecule has 1 amide bonds. The molecule has 2 heterocycles. The van der Waals surface area contributed by atoms with Crippen molar-refractivity contribution in [3.05, 3.63) is 85.5 Å². The lowest BCUT2D eigenvalue weighted by Crippen LogP contribution is -2.41. The summed E-state index contributed by atoms with van der Waals surface area (Å²) in [5, 5.41) is 13.3. The van der Waals surface area contributed by atoms with Crippen molar-refractivity contribution in [1.82, 2.24) is 0 Å². The van der Waals surface area contributed by atoms with Gasteiger partial charge in [-0.05, 0) is 54.6 Å². The van der Waals surface area contributed by atoms with Crippen LogP contribution >= 0.6 is 27.3 Å². The fourth-order valence-corrected chi connectivity index (χ4v) is 4.77. The fourth-order valence-electron chi connectivity index (χ4n) is 3.75. The van der Waals surface area contributed by atoms with Crippen molar-refractivity contribution in [1.29, 1.82) is 0 Å². The smallest absolute Gasteiger partial charge is 0.264 e. The van der Waals surface area contributed by atoms with Crippen molar-refractivity contribution in [3.8, 4) is 0 Å². The number of carbonyl (C=O) groups excluding carboxylic acids is 2. The molecule has 1 N–H and O–H groups in total. The van der Waals surface area contributed by atoms with Gasteiger partial charge in [0.25, 0.3) is 5.91 Å². The summed E-state index contributed by atoms with van der Waals surface area (Å²) in [6, 6.07) is 15.0. The Hall–Kier alpha value is -2.28. The van der Waals surface area contributed by atoms with Gasteiger partial charge in [-0.2, -0.15) is 0 Å². The summed E-state index contributed by atoms with van der Waals surface area (Å²) in [5.41, 5.74) is 2.43. The van der Waals surface area contributed by atoms with E-state index in [2.05, 4.69) is 22.0 Å². The number of benzene rings is 2. The van der Waals surface area contributed by atoms with Crippen LogP contribution in [-0.4, -0.2) is 16.8 Å². The highest BCUT2D eigenvalue weighted by atomic mass is 79.9. The number of hydrogen-bond acceptors (Lipinski definition) is 4. The van der Waals surface area contributed by atoms with Crippen LogP contribution in [-0.2, 0) is 16.9 Å². The third-order valence-corrected chi connectivity index (χ3v) is 6.74. The van der Waals surface area contributed by atoms with Crippen molar-refractivity contribution < 1.29 is 14.7 Å². The number of anilines is 1. The van der Waals surface area contributed by atoms with E-state index < -0.39 is 11.5 Å². The minimum atomic E-state index is -1.88. The maximum atomic E-state index is 13.4. The van der Waals surface area contributed by atoms with Crippen LogP contribution in [0.5, 0.6) is 0 Å². The molecule has 2 aromatic carbocycles. The van der Waals surface area contributed by atoms with Crippen LogP contribution in [0.3, 0.4) is 0 Å². The number of amides is 1. The standard InChI is InChI=1S/C23H20BrNO3S/c1-14-5-6-15(2)16(10-14)13-25-19-8-7-17(24)11-18(19)23(28,22(25)27)12-20(26)21-4-3-9-29-21/h3-11,28H,12-13H2,1-2H3/t23-/m1/s1. The number of hydrogen-bond donors (Lipinski definition) is 1. The summed E-state index contributed by atoms with van der Waals surface area (Å²) in [6.45, 7) is 4.36. The molecule has 4 nitrogen and oxygen atoms in total. The molecule has 0 unspecified atom stereocenters. The number of aliphatic hydroxyl groups is 1. The highest BCUT2D eigenvalue weighted by Crippen LogP contribution is 2.45. The van der Waals surface area contributed by atoms with Gasteiger partial charge < -0.3 is 10.0 Å². The van der Waals surface area contributed by atoms with Gasteiger partial charge in [0.15, 0.2) is 11.4 Å². The normalized spacial score (nSPS) is 18.2. The Morgan fingerprint density at radius 1 is 1.17 bits per heavy atom. The number of rotatable bonds is 5. The van der Waals surface area contributed by atoms with E-state index in [1.165, 1.54) is 11.3 Å². The lowest BCUT2D eigenvalue weighted by molar-refractivity contribution is -0.136. The molecule has 0 saturated carbocycles. The van der Waals surface area contributed by atoms with Crippen molar-refractivity contribution in [2.24, 2.45) is 0 Å². The Morgan fingerprint density at radius 3 is 2.69 bits per heavy atom. The zero-order chi connectivity index (χ0) is 20.8. The highest BCUT2D eigenvalue weighted by molar-refractivity contribution is 9.10. The molecule has 0 spiro atoms. The molecule has 6 heteroatoms. The Bertz CT molecular complexity index is 1110. The van der Waals surface area contributed by atoms with Crippen LogP contribution in [0, 0.1) is 13.8 Å². The van der Waals surface area contributed by atoms with E-state index in [-0.39, 0.29) is 12.2 Å². The van der Waals surface area contributed by atoms with Crippen molar-refractivity contribution in [2.75, 3.05) is 4.90 Å². The maximum absolute atomic E-state index is 13.4. The van der Waals surface area contributed by atoms with Gasteiger partial charge >= 0.3 is 0 Å². The van der Waals surface area contributed by atoms with Crippen LogP contribution in [0.2, 0.25) is 0 Å². The van der Waals surface area contributed by atoms with Crippen LogP contribution in [0.4, 0.5) is 5.69 Å². The largest absolute Gasteiger partial charge is 0.375 e. The molecule has 0 radical (unpaired) electrons. The Labute approximate surface area is 181 Å². The molecule has 1 aliphatic heterocycles. The van der Waals surface area contributed by atoms with E-state index in [0.717, 1.165) is 21.2 Å². The van der Waals surface area contributed by atoms with Crippen LogP contribution < -0.4 is 4.90 Å². The first-order chi connectivity index (χ1) is 13.8. The van der Waals surface area contributed by atoms with Gasteiger partial charge in [0.05, 0.1) is 23.5 Å². The summed E-state index contributed by atoms with van der Waals surface area (Å²) in [4.78, 5) is 28.3. The number of thiophene rings is 1. The molecule has 29 heavy (non-hydrogen) atoms.